The Morgan fingerprint density at radius 1 is 0.897 bits per heavy atom. The smallest absolute Gasteiger partial charge is 0.198 e. The Kier molecular flexibility index (Phi) is 4.66. The standard InChI is InChI=1S/C24H20O5/c25-22(18-8-4-5-9-19(18)28-15-16-6-2-1-3-7-16)24-23(29-24)17-10-11-20-21(14-17)27-13-12-26-20/h1-11,14,23-24H,12-13,15H2/t23-,24-/m0/s1. The van der Waals surface area contributed by atoms with E-state index in [0.717, 1.165) is 16.9 Å². The highest BCUT2D eigenvalue weighted by molar-refractivity contribution is 6.03. The molecule has 0 unspecified atom stereocenters. The molecule has 0 amide bonds. The lowest BCUT2D eigenvalue weighted by atomic mass is 10.0. The third-order valence-corrected chi connectivity index (χ3v) is 5.03. The highest BCUT2D eigenvalue weighted by Crippen LogP contribution is 2.44. The van der Waals surface area contributed by atoms with Crippen LogP contribution in [0.2, 0.25) is 0 Å². The molecule has 2 aliphatic rings. The van der Waals surface area contributed by atoms with Gasteiger partial charge in [-0.2, -0.15) is 0 Å². The molecule has 2 heterocycles. The lowest BCUT2D eigenvalue weighted by Gasteiger charge is -2.18. The molecular weight excluding hydrogens is 368 g/mol. The van der Waals surface area contributed by atoms with Gasteiger partial charge in [-0.25, -0.2) is 0 Å². The molecule has 0 spiro atoms. The van der Waals surface area contributed by atoms with Gasteiger partial charge in [0, 0.05) is 0 Å². The molecule has 3 aromatic rings. The molecule has 5 rings (SSSR count). The summed E-state index contributed by atoms with van der Waals surface area (Å²) in [7, 11) is 0. The molecule has 0 radical (unpaired) electrons. The van der Waals surface area contributed by atoms with Gasteiger partial charge >= 0.3 is 0 Å². The van der Waals surface area contributed by atoms with E-state index in [1.807, 2.05) is 66.7 Å². The van der Waals surface area contributed by atoms with Crippen molar-refractivity contribution in [2.45, 2.75) is 18.8 Å². The number of ketones is 1. The van der Waals surface area contributed by atoms with E-state index >= 15 is 0 Å². The summed E-state index contributed by atoms with van der Waals surface area (Å²) in [4.78, 5) is 13.1. The average Bonchev–Trinajstić information content (AvgIpc) is 3.59. The monoisotopic (exact) mass is 388 g/mol. The van der Waals surface area contributed by atoms with Gasteiger partial charge in [0.2, 0.25) is 0 Å². The van der Waals surface area contributed by atoms with Gasteiger partial charge in [-0.3, -0.25) is 4.79 Å². The fraction of sp³-hybridized carbons (Fsp3) is 0.208. The number of hydrogen-bond acceptors (Lipinski definition) is 5. The number of hydrogen-bond donors (Lipinski definition) is 0. The quantitative estimate of drug-likeness (QED) is 0.464. The zero-order valence-corrected chi connectivity index (χ0v) is 15.7. The van der Waals surface area contributed by atoms with Crippen LogP contribution in [0.15, 0.2) is 72.8 Å². The first-order chi connectivity index (χ1) is 14.3. The van der Waals surface area contributed by atoms with E-state index < -0.39 is 6.10 Å². The van der Waals surface area contributed by atoms with Crippen LogP contribution >= 0.6 is 0 Å². The number of carbonyl (C=O) groups is 1. The first kappa shape index (κ1) is 17.8. The number of ether oxygens (including phenoxy) is 4. The molecule has 3 aromatic carbocycles. The maximum Gasteiger partial charge on any atom is 0.198 e. The Morgan fingerprint density at radius 2 is 1.66 bits per heavy atom. The summed E-state index contributed by atoms with van der Waals surface area (Å²) in [5, 5.41) is 0. The fourth-order valence-electron chi connectivity index (χ4n) is 3.49. The fourth-order valence-corrected chi connectivity index (χ4v) is 3.49. The molecule has 2 aliphatic heterocycles. The summed E-state index contributed by atoms with van der Waals surface area (Å²) in [5.41, 5.74) is 2.50. The van der Waals surface area contributed by atoms with Gasteiger partial charge in [0.05, 0.1) is 5.56 Å². The van der Waals surface area contributed by atoms with Crippen LogP contribution in [0, 0.1) is 0 Å². The minimum absolute atomic E-state index is 0.0754. The summed E-state index contributed by atoms with van der Waals surface area (Å²) in [6, 6.07) is 22.9. The molecule has 0 bridgehead atoms. The molecule has 146 valence electrons. The van der Waals surface area contributed by atoms with Crippen molar-refractivity contribution in [1.29, 1.82) is 0 Å². The van der Waals surface area contributed by atoms with Gasteiger partial charge < -0.3 is 18.9 Å². The molecule has 5 nitrogen and oxygen atoms in total. The van der Waals surface area contributed by atoms with E-state index in [1.54, 1.807) is 6.07 Å². The second-order valence-corrected chi connectivity index (χ2v) is 7.02. The van der Waals surface area contributed by atoms with Crippen molar-refractivity contribution in [2.24, 2.45) is 0 Å². The van der Waals surface area contributed by atoms with Gasteiger partial charge in [0.15, 0.2) is 23.4 Å². The van der Waals surface area contributed by atoms with E-state index in [4.69, 9.17) is 18.9 Å². The number of rotatable bonds is 6. The first-order valence-corrected chi connectivity index (χ1v) is 9.64. The minimum Gasteiger partial charge on any atom is -0.488 e. The SMILES string of the molecule is O=C(c1ccccc1OCc1ccccc1)[C@@H]1O[C@H]1c1ccc2c(c1)OCCO2. The third-order valence-electron chi connectivity index (χ3n) is 5.03. The molecule has 1 saturated heterocycles. The van der Waals surface area contributed by atoms with Crippen LogP contribution < -0.4 is 14.2 Å². The van der Waals surface area contributed by atoms with E-state index in [-0.39, 0.29) is 11.9 Å². The highest BCUT2D eigenvalue weighted by Gasteiger charge is 2.47. The van der Waals surface area contributed by atoms with Crippen LogP contribution in [0.5, 0.6) is 17.2 Å². The summed E-state index contributed by atoms with van der Waals surface area (Å²) in [6.45, 7) is 1.48. The molecule has 2 atom stereocenters. The molecule has 0 aliphatic carbocycles. The molecule has 0 N–H and O–H groups in total. The molecule has 5 heteroatoms. The van der Waals surface area contributed by atoms with E-state index in [9.17, 15) is 4.79 Å². The Balaban J connectivity index is 1.30. The van der Waals surface area contributed by atoms with Crippen molar-refractivity contribution in [3.63, 3.8) is 0 Å². The summed E-state index contributed by atoms with van der Waals surface area (Å²) >= 11 is 0. The number of fused-ring (bicyclic) bond motifs is 1. The van der Waals surface area contributed by atoms with Crippen LogP contribution in [-0.4, -0.2) is 25.1 Å². The van der Waals surface area contributed by atoms with Crippen LogP contribution in [0.4, 0.5) is 0 Å². The number of para-hydroxylation sites is 1. The Morgan fingerprint density at radius 3 is 2.52 bits per heavy atom. The van der Waals surface area contributed by atoms with Gasteiger partial charge in [0.25, 0.3) is 0 Å². The normalized spacial score (nSPS) is 19.4. The van der Waals surface area contributed by atoms with E-state index in [1.165, 1.54) is 0 Å². The van der Waals surface area contributed by atoms with Crippen molar-refractivity contribution >= 4 is 5.78 Å². The zero-order valence-electron chi connectivity index (χ0n) is 15.7. The molecular formula is C24H20O5. The second kappa shape index (κ2) is 7.60. The second-order valence-electron chi connectivity index (χ2n) is 7.02. The number of carbonyl (C=O) groups excluding carboxylic acids is 1. The van der Waals surface area contributed by atoms with Crippen molar-refractivity contribution in [2.75, 3.05) is 13.2 Å². The predicted octanol–water partition coefficient (Wildman–Crippen LogP) is 4.36. The van der Waals surface area contributed by atoms with E-state index in [0.29, 0.717) is 36.9 Å². The number of epoxide rings is 1. The number of benzene rings is 3. The van der Waals surface area contributed by atoms with Gasteiger partial charge in [0.1, 0.15) is 31.7 Å². The van der Waals surface area contributed by atoms with Crippen LogP contribution in [0.1, 0.15) is 27.6 Å². The minimum atomic E-state index is -0.515. The Labute approximate surface area is 168 Å². The van der Waals surface area contributed by atoms with Crippen molar-refractivity contribution in [1.82, 2.24) is 0 Å². The van der Waals surface area contributed by atoms with Gasteiger partial charge in [-0.1, -0.05) is 48.5 Å². The Hall–Kier alpha value is -3.31. The van der Waals surface area contributed by atoms with Crippen molar-refractivity contribution in [3.05, 3.63) is 89.5 Å². The molecule has 1 fully saturated rings. The summed E-state index contributed by atoms with van der Waals surface area (Å²) in [6.07, 6.45) is -0.792. The van der Waals surface area contributed by atoms with Gasteiger partial charge in [-0.15, -0.1) is 0 Å². The van der Waals surface area contributed by atoms with Gasteiger partial charge in [-0.05, 0) is 35.4 Å². The lowest BCUT2D eigenvalue weighted by molar-refractivity contribution is 0.0949. The molecule has 0 saturated carbocycles. The number of Topliss-reactive ketones (excluding diaryl/α,β-unsaturated/α-hetero) is 1. The van der Waals surface area contributed by atoms with Crippen LogP contribution in [0.3, 0.4) is 0 Å². The molecule has 0 aromatic heterocycles. The lowest BCUT2D eigenvalue weighted by Crippen LogP contribution is -2.15. The van der Waals surface area contributed by atoms with Crippen LogP contribution in [-0.2, 0) is 11.3 Å². The maximum absolute atomic E-state index is 13.1. The third kappa shape index (κ3) is 3.69. The topological polar surface area (TPSA) is 57.3 Å². The zero-order chi connectivity index (χ0) is 19.6. The first-order valence-electron chi connectivity index (χ1n) is 9.64. The average molecular weight is 388 g/mol. The summed E-state index contributed by atoms with van der Waals surface area (Å²) in [5.74, 6) is 1.91. The Bertz CT molecular complexity index is 1030. The van der Waals surface area contributed by atoms with E-state index in [2.05, 4.69) is 0 Å². The van der Waals surface area contributed by atoms with Crippen molar-refractivity contribution in [3.8, 4) is 17.2 Å². The molecule has 29 heavy (non-hydrogen) atoms. The van der Waals surface area contributed by atoms with Crippen molar-refractivity contribution < 1.29 is 23.7 Å². The van der Waals surface area contributed by atoms with Crippen LogP contribution in [0.25, 0.3) is 0 Å². The summed E-state index contributed by atoms with van der Waals surface area (Å²) < 4.78 is 22.8. The predicted molar refractivity (Wildman–Crippen MR) is 107 cm³/mol. The highest BCUT2D eigenvalue weighted by atomic mass is 16.6. The largest absolute Gasteiger partial charge is 0.488 e. The maximum atomic E-state index is 13.1.